The van der Waals surface area contributed by atoms with Crippen LogP contribution in [0.1, 0.15) is 21.7 Å². The van der Waals surface area contributed by atoms with Gasteiger partial charge in [0.2, 0.25) is 0 Å². The molecule has 1 aromatic heterocycles. The molecule has 0 N–H and O–H groups in total. The highest BCUT2D eigenvalue weighted by molar-refractivity contribution is 9.10. The van der Waals surface area contributed by atoms with Crippen LogP contribution in [0.5, 0.6) is 0 Å². The molecule has 0 bridgehead atoms. The second kappa shape index (κ2) is 5.35. The Morgan fingerprint density at radius 2 is 2.11 bits per heavy atom. The smallest absolute Gasteiger partial charge is 0.187 e. The van der Waals surface area contributed by atoms with Gasteiger partial charge < -0.3 is 0 Å². The van der Waals surface area contributed by atoms with Gasteiger partial charge in [0.1, 0.15) is 11.5 Å². The molecule has 3 nitrogen and oxygen atoms in total. The number of nitrogens with zero attached hydrogens (tertiary/aromatic N) is 2. The first kappa shape index (κ1) is 12.8. The van der Waals surface area contributed by atoms with Gasteiger partial charge in [-0.25, -0.2) is 9.37 Å². The highest BCUT2D eigenvalue weighted by atomic mass is 79.9. The Balaban J connectivity index is 2.21. The van der Waals surface area contributed by atoms with Crippen molar-refractivity contribution in [1.82, 2.24) is 9.97 Å². The molecule has 0 aliphatic rings. The van der Waals surface area contributed by atoms with Crippen LogP contribution < -0.4 is 0 Å². The van der Waals surface area contributed by atoms with E-state index in [0.717, 1.165) is 5.69 Å². The summed E-state index contributed by atoms with van der Waals surface area (Å²) in [4.78, 5) is 20.0. The van der Waals surface area contributed by atoms with E-state index in [2.05, 4.69) is 25.9 Å². The Morgan fingerprint density at radius 3 is 2.78 bits per heavy atom. The summed E-state index contributed by atoms with van der Waals surface area (Å²) < 4.78 is 13.6. The topological polar surface area (TPSA) is 42.9 Å². The maximum atomic E-state index is 13.3. The maximum absolute atomic E-state index is 13.3. The molecule has 0 atom stereocenters. The summed E-state index contributed by atoms with van der Waals surface area (Å²) in [5.41, 5.74) is 1.64. The van der Waals surface area contributed by atoms with E-state index in [0.29, 0.717) is 10.0 Å². The third kappa shape index (κ3) is 2.79. The van der Waals surface area contributed by atoms with Gasteiger partial charge in [-0.3, -0.25) is 9.78 Å². The van der Waals surface area contributed by atoms with Gasteiger partial charge >= 0.3 is 0 Å². The van der Waals surface area contributed by atoms with Crippen molar-refractivity contribution in [2.24, 2.45) is 0 Å². The first-order valence-electron chi connectivity index (χ1n) is 5.32. The first-order chi connectivity index (χ1) is 8.58. The number of Topliss-reactive ketones (excluding diaryl/α,β-unsaturated/α-hetero) is 1. The molecule has 0 amide bonds. The fourth-order valence-corrected chi connectivity index (χ4v) is 1.89. The quantitative estimate of drug-likeness (QED) is 0.818. The Hall–Kier alpha value is -1.62. The minimum absolute atomic E-state index is 0.0933. The third-order valence-electron chi connectivity index (χ3n) is 2.45. The van der Waals surface area contributed by atoms with Gasteiger partial charge in [0.15, 0.2) is 5.78 Å². The Morgan fingerprint density at radius 1 is 1.33 bits per heavy atom. The summed E-state index contributed by atoms with van der Waals surface area (Å²) >= 11 is 3.13. The van der Waals surface area contributed by atoms with E-state index < -0.39 is 0 Å². The Bertz CT molecular complexity index is 584. The van der Waals surface area contributed by atoms with Crippen molar-refractivity contribution >= 4 is 21.7 Å². The zero-order valence-corrected chi connectivity index (χ0v) is 11.2. The second-order valence-electron chi connectivity index (χ2n) is 3.86. The van der Waals surface area contributed by atoms with Crippen LogP contribution in [-0.2, 0) is 6.42 Å². The maximum Gasteiger partial charge on any atom is 0.187 e. The van der Waals surface area contributed by atoms with Crippen LogP contribution in [0.4, 0.5) is 4.39 Å². The number of halogens is 2. The largest absolute Gasteiger partial charge is 0.292 e. The standard InChI is InChI=1S/C13H10BrFN2O/c1-8-6-17-11(7-16-8)12(18)5-9-3-2-4-10(15)13(9)14/h2-4,6-7H,5H2,1H3. The predicted octanol–water partition coefficient (Wildman–Crippen LogP) is 3.11. The van der Waals surface area contributed by atoms with Crippen molar-refractivity contribution < 1.29 is 9.18 Å². The molecular formula is C13H10BrFN2O. The Labute approximate surface area is 112 Å². The predicted molar refractivity (Wildman–Crippen MR) is 68.9 cm³/mol. The zero-order valence-electron chi connectivity index (χ0n) is 9.65. The lowest BCUT2D eigenvalue weighted by atomic mass is 10.1. The van der Waals surface area contributed by atoms with Gasteiger partial charge in [0, 0.05) is 12.6 Å². The van der Waals surface area contributed by atoms with Gasteiger partial charge in [-0.1, -0.05) is 12.1 Å². The lowest BCUT2D eigenvalue weighted by Crippen LogP contribution is -2.07. The lowest BCUT2D eigenvalue weighted by molar-refractivity contribution is 0.0987. The molecule has 0 saturated carbocycles. The molecule has 0 aliphatic heterocycles. The third-order valence-corrected chi connectivity index (χ3v) is 3.34. The fraction of sp³-hybridized carbons (Fsp3) is 0.154. The normalized spacial score (nSPS) is 10.4. The van der Waals surface area contributed by atoms with E-state index in [-0.39, 0.29) is 23.7 Å². The number of benzene rings is 1. The van der Waals surface area contributed by atoms with Crippen molar-refractivity contribution in [3.05, 3.63) is 57.8 Å². The van der Waals surface area contributed by atoms with E-state index in [1.807, 2.05) is 0 Å². The van der Waals surface area contributed by atoms with E-state index in [9.17, 15) is 9.18 Å². The lowest BCUT2D eigenvalue weighted by Gasteiger charge is -2.04. The molecule has 0 radical (unpaired) electrons. The average molecular weight is 309 g/mol. The van der Waals surface area contributed by atoms with Crippen molar-refractivity contribution in [2.45, 2.75) is 13.3 Å². The molecule has 0 unspecified atom stereocenters. The number of aromatic nitrogens is 2. The molecule has 1 aromatic carbocycles. The average Bonchev–Trinajstić information content (AvgIpc) is 2.36. The van der Waals surface area contributed by atoms with Crippen LogP contribution in [0, 0.1) is 12.7 Å². The fourth-order valence-electron chi connectivity index (χ4n) is 1.49. The van der Waals surface area contributed by atoms with E-state index in [1.165, 1.54) is 18.5 Å². The van der Waals surface area contributed by atoms with Gasteiger partial charge in [-0.2, -0.15) is 0 Å². The van der Waals surface area contributed by atoms with Crippen LogP contribution in [-0.4, -0.2) is 15.8 Å². The summed E-state index contributed by atoms with van der Waals surface area (Å²) in [7, 11) is 0. The molecule has 18 heavy (non-hydrogen) atoms. The summed E-state index contributed by atoms with van der Waals surface area (Å²) in [6.45, 7) is 1.80. The minimum atomic E-state index is -0.379. The molecule has 92 valence electrons. The number of hydrogen-bond donors (Lipinski definition) is 0. The SMILES string of the molecule is Cc1cnc(C(=O)Cc2cccc(F)c2Br)cn1. The van der Waals surface area contributed by atoms with Gasteiger partial charge in [-0.05, 0) is 34.5 Å². The summed E-state index contributed by atoms with van der Waals surface area (Å²) in [5.74, 6) is -0.566. The zero-order chi connectivity index (χ0) is 13.1. The van der Waals surface area contributed by atoms with Crippen LogP contribution in [0.2, 0.25) is 0 Å². The molecule has 0 saturated heterocycles. The van der Waals surface area contributed by atoms with E-state index in [1.54, 1.807) is 19.1 Å². The van der Waals surface area contributed by atoms with Crippen LogP contribution in [0.3, 0.4) is 0 Å². The highest BCUT2D eigenvalue weighted by Crippen LogP contribution is 2.21. The number of carbonyl (C=O) groups excluding carboxylic acids is 1. The van der Waals surface area contributed by atoms with E-state index >= 15 is 0 Å². The molecule has 0 fully saturated rings. The van der Waals surface area contributed by atoms with Crippen molar-refractivity contribution in [3.63, 3.8) is 0 Å². The number of rotatable bonds is 3. The highest BCUT2D eigenvalue weighted by Gasteiger charge is 2.12. The van der Waals surface area contributed by atoms with E-state index in [4.69, 9.17) is 0 Å². The number of aryl methyl sites for hydroxylation is 1. The monoisotopic (exact) mass is 308 g/mol. The summed E-state index contributed by atoms with van der Waals surface area (Å²) in [5, 5.41) is 0. The molecule has 1 heterocycles. The number of ketones is 1. The molecule has 2 aromatic rings. The minimum Gasteiger partial charge on any atom is -0.292 e. The van der Waals surface area contributed by atoms with Crippen LogP contribution in [0.15, 0.2) is 35.1 Å². The molecular weight excluding hydrogens is 299 g/mol. The Kier molecular flexibility index (Phi) is 3.81. The molecule has 0 aliphatic carbocycles. The molecule has 2 rings (SSSR count). The number of carbonyl (C=O) groups is 1. The molecule has 0 spiro atoms. The van der Waals surface area contributed by atoms with Gasteiger partial charge in [0.25, 0.3) is 0 Å². The van der Waals surface area contributed by atoms with Crippen molar-refractivity contribution in [2.75, 3.05) is 0 Å². The van der Waals surface area contributed by atoms with Gasteiger partial charge in [0.05, 0.1) is 16.4 Å². The van der Waals surface area contributed by atoms with Crippen LogP contribution >= 0.6 is 15.9 Å². The first-order valence-corrected chi connectivity index (χ1v) is 6.12. The second-order valence-corrected chi connectivity index (χ2v) is 4.65. The van der Waals surface area contributed by atoms with Gasteiger partial charge in [-0.15, -0.1) is 0 Å². The summed E-state index contributed by atoms with van der Waals surface area (Å²) in [6.07, 6.45) is 3.06. The molecule has 5 heteroatoms. The van der Waals surface area contributed by atoms with Crippen molar-refractivity contribution in [3.8, 4) is 0 Å². The van der Waals surface area contributed by atoms with Crippen LogP contribution in [0.25, 0.3) is 0 Å². The summed E-state index contributed by atoms with van der Waals surface area (Å²) in [6, 6.07) is 4.61. The number of hydrogen-bond acceptors (Lipinski definition) is 3. The van der Waals surface area contributed by atoms with Crippen molar-refractivity contribution in [1.29, 1.82) is 0 Å².